The Morgan fingerprint density at radius 2 is 1.70 bits per heavy atom. The minimum Gasteiger partial charge on any atom is -0.491 e. The van der Waals surface area contributed by atoms with Crippen molar-refractivity contribution >= 4 is 10.9 Å². The third kappa shape index (κ3) is 2.90. The fourth-order valence-electron chi connectivity index (χ4n) is 2.65. The van der Waals surface area contributed by atoms with E-state index in [1.165, 1.54) is 4.57 Å². The molecular weight excluding hydrogens is 294 g/mol. The summed E-state index contributed by atoms with van der Waals surface area (Å²) in [7, 11) is 0. The molecule has 2 aromatic carbocycles. The summed E-state index contributed by atoms with van der Waals surface area (Å²) in [4.78, 5) is 23.7. The highest BCUT2D eigenvalue weighted by Gasteiger charge is 2.09. The second-order valence-electron chi connectivity index (χ2n) is 5.39. The standard InChI is InChI=1S/C18H17NO4/c1-12-6-5-7-13(2)16(12)22-11-10-19-15-9-4-3-8-14(15)17(20)23-18(19)21/h3-9H,10-11H2,1-2H3. The number of benzene rings is 2. The van der Waals surface area contributed by atoms with E-state index in [0.717, 1.165) is 16.9 Å². The first-order valence-corrected chi connectivity index (χ1v) is 7.39. The molecule has 5 nitrogen and oxygen atoms in total. The molecule has 0 aliphatic rings. The highest BCUT2D eigenvalue weighted by molar-refractivity contribution is 5.77. The van der Waals surface area contributed by atoms with Gasteiger partial charge in [-0.3, -0.25) is 4.57 Å². The molecule has 0 radical (unpaired) electrons. The van der Waals surface area contributed by atoms with Crippen molar-refractivity contribution in [3.05, 3.63) is 74.6 Å². The van der Waals surface area contributed by atoms with E-state index in [0.29, 0.717) is 24.1 Å². The largest absolute Gasteiger partial charge is 0.491 e. The molecule has 3 rings (SSSR count). The van der Waals surface area contributed by atoms with Crippen LogP contribution in [0.1, 0.15) is 11.1 Å². The summed E-state index contributed by atoms with van der Waals surface area (Å²) in [5.41, 5.74) is 2.03. The predicted octanol–water partition coefficient (Wildman–Crippen LogP) is 2.65. The van der Waals surface area contributed by atoms with Crippen LogP contribution in [0.25, 0.3) is 10.9 Å². The van der Waals surface area contributed by atoms with Gasteiger partial charge in [0.15, 0.2) is 0 Å². The molecule has 0 aliphatic carbocycles. The number of hydrogen-bond donors (Lipinski definition) is 0. The van der Waals surface area contributed by atoms with E-state index >= 15 is 0 Å². The summed E-state index contributed by atoms with van der Waals surface area (Å²) >= 11 is 0. The highest BCUT2D eigenvalue weighted by atomic mass is 16.5. The fourth-order valence-corrected chi connectivity index (χ4v) is 2.65. The van der Waals surface area contributed by atoms with Gasteiger partial charge in [0.25, 0.3) is 0 Å². The van der Waals surface area contributed by atoms with Crippen molar-refractivity contribution in [2.45, 2.75) is 20.4 Å². The lowest BCUT2D eigenvalue weighted by Gasteiger charge is -2.13. The van der Waals surface area contributed by atoms with Gasteiger partial charge in [-0.15, -0.1) is 0 Å². The Kier molecular flexibility index (Phi) is 4.02. The zero-order chi connectivity index (χ0) is 16.4. The Balaban J connectivity index is 1.88. The number of aryl methyl sites for hydroxylation is 2. The quantitative estimate of drug-likeness (QED) is 0.743. The van der Waals surface area contributed by atoms with Crippen molar-refractivity contribution < 1.29 is 9.15 Å². The maximum absolute atomic E-state index is 12.0. The molecule has 118 valence electrons. The third-order valence-electron chi connectivity index (χ3n) is 3.79. The van der Waals surface area contributed by atoms with Gasteiger partial charge in [-0.1, -0.05) is 30.3 Å². The lowest BCUT2D eigenvalue weighted by Crippen LogP contribution is -2.27. The Hall–Kier alpha value is -2.82. The number of fused-ring (bicyclic) bond motifs is 1. The summed E-state index contributed by atoms with van der Waals surface area (Å²) in [5.74, 6) is 0.154. The van der Waals surface area contributed by atoms with Gasteiger partial charge in [0, 0.05) is 0 Å². The Morgan fingerprint density at radius 3 is 2.43 bits per heavy atom. The first kappa shape index (κ1) is 15.1. The monoisotopic (exact) mass is 311 g/mol. The van der Waals surface area contributed by atoms with Crippen molar-refractivity contribution in [3.63, 3.8) is 0 Å². The lowest BCUT2D eigenvalue weighted by molar-refractivity contribution is 0.284. The SMILES string of the molecule is Cc1cccc(C)c1OCCn1c(=O)oc(=O)c2ccccc21. The van der Waals surface area contributed by atoms with Gasteiger partial charge in [0.1, 0.15) is 12.4 Å². The molecule has 1 heterocycles. The molecule has 5 heteroatoms. The number of ether oxygens (including phenoxy) is 1. The number of rotatable bonds is 4. The van der Waals surface area contributed by atoms with Crippen molar-refractivity contribution in [1.29, 1.82) is 0 Å². The second-order valence-corrected chi connectivity index (χ2v) is 5.39. The van der Waals surface area contributed by atoms with Crippen LogP contribution >= 0.6 is 0 Å². The van der Waals surface area contributed by atoms with Crippen LogP contribution in [0.5, 0.6) is 5.75 Å². The first-order chi connectivity index (χ1) is 11.1. The van der Waals surface area contributed by atoms with Crippen molar-refractivity contribution in [3.8, 4) is 5.75 Å². The number of nitrogens with zero attached hydrogens (tertiary/aromatic N) is 1. The van der Waals surface area contributed by atoms with Gasteiger partial charge in [-0.2, -0.15) is 0 Å². The van der Waals surface area contributed by atoms with Crippen LogP contribution in [0.4, 0.5) is 0 Å². The molecule has 0 spiro atoms. The maximum Gasteiger partial charge on any atom is 0.422 e. The minimum atomic E-state index is -0.668. The number of hydrogen-bond acceptors (Lipinski definition) is 4. The molecule has 0 atom stereocenters. The molecule has 0 bridgehead atoms. The van der Waals surface area contributed by atoms with Gasteiger partial charge >= 0.3 is 11.4 Å². The van der Waals surface area contributed by atoms with Crippen LogP contribution in [-0.2, 0) is 6.54 Å². The number of aromatic nitrogens is 1. The summed E-state index contributed by atoms with van der Waals surface area (Å²) < 4.78 is 12.0. The Labute approximate surface area is 132 Å². The average molecular weight is 311 g/mol. The molecule has 23 heavy (non-hydrogen) atoms. The highest BCUT2D eigenvalue weighted by Crippen LogP contribution is 2.22. The fraction of sp³-hybridized carbons (Fsp3) is 0.222. The molecule has 0 aliphatic heterocycles. The van der Waals surface area contributed by atoms with Crippen LogP contribution in [-0.4, -0.2) is 11.2 Å². The molecule has 3 aromatic rings. The van der Waals surface area contributed by atoms with Gasteiger partial charge in [-0.05, 0) is 37.1 Å². The van der Waals surface area contributed by atoms with Gasteiger partial charge < -0.3 is 9.15 Å². The summed E-state index contributed by atoms with van der Waals surface area (Å²) in [6, 6.07) is 12.8. The van der Waals surface area contributed by atoms with Gasteiger partial charge in [0.2, 0.25) is 0 Å². The van der Waals surface area contributed by atoms with E-state index in [-0.39, 0.29) is 0 Å². The van der Waals surface area contributed by atoms with Crippen molar-refractivity contribution in [2.24, 2.45) is 0 Å². The van der Waals surface area contributed by atoms with E-state index in [9.17, 15) is 9.59 Å². The van der Waals surface area contributed by atoms with E-state index in [1.807, 2.05) is 32.0 Å². The topological polar surface area (TPSA) is 61.4 Å². The predicted molar refractivity (Wildman–Crippen MR) is 88.2 cm³/mol. The zero-order valence-corrected chi connectivity index (χ0v) is 13.0. The molecule has 0 N–H and O–H groups in total. The Bertz CT molecular complexity index is 948. The molecule has 1 aromatic heterocycles. The normalized spacial score (nSPS) is 10.9. The average Bonchev–Trinajstić information content (AvgIpc) is 2.53. The lowest BCUT2D eigenvalue weighted by atomic mass is 10.1. The van der Waals surface area contributed by atoms with Crippen LogP contribution in [0.15, 0.2) is 56.5 Å². The van der Waals surface area contributed by atoms with Crippen molar-refractivity contribution in [1.82, 2.24) is 4.57 Å². The third-order valence-corrected chi connectivity index (χ3v) is 3.79. The molecule has 0 saturated heterocycles. The first-order valence-electron chi connectivity index (χ1n) is 7.39. The smallest absolute Gasteiger partial charge is 0.422 e. The van der Waals surface area contributed by atoms with Crippen LogP contribution < -0.4 is 16.1 Å². The summed E-state index contributed by atoms with van der Waals surface area (Å²) in [5, 5.41) is 0.388. The zero-order valence-electron chi connectivity index (χ0n) is 13.0. The molecule has 0 saturated carbocycles. The van der Waals surface area contributed by atoms with E-state index in [2.05, 4.69) is 0 Å². The van der Waals surface area contributed by atoms with Gasteiger partial charge in [0.05, 0.1) is 17.4 Å². The summed E-state index contributed by atoms with van der Waals surface area (Å²) in [6.45, 7) is 4.57. The number of para-hydroxylation sites is 2. The van der Waals surface area contributed by atoms with E-state index in [1.54, 1.807) is 24.3 Å². The maximum atomic E-state index is 12.0. The van der Waals surface area contributed by atoms with E-state index in [4.69, 9.17) is 9.15 Å². The molecular formula is C18H17NO4. The van der Waals surface area contributed by atoms with Crippen LogP contribution in [0, 0.1) is 13.8 Å². The van der Waals surface area contributed by atoms with E-state index < -0.39 is 11.4 Å². The molecule has 0 unspecified atom stereocenters. The van der Waals surface area contributed by atoms with Crippen LogP contribution in [0.2, 0.25) is 0 Å². The van der Waals surface area contributed by atoms with Crippen LogP contribution in [0.3, 0.4) is 0 Å². The molecule has 0 amide bonds. The second kappa shape index (κ2) is 6.12. The summed E-state index contributed by atoms with van der Waals surface area (Å²) in [6.07, 6.45) is 0. The van der Waals surface area contributed by atoms with Crippen molar-refractivity contribution in [2.75, 3.05) is 6.61 Å². The Morgan fingerprint density at radius 1 is 1.00 bits per heavy atom. The minimum absolute atomic E-state index is 0.302. The molecule has 0 fully saturated rings. The van der Waals surface area contributed by atoms with Gasteiger partial charge in [-0.25, -0.2) is 9.59 Å².